The van der Waals surface area contributed by atoms with Crippen molar-refractivity contribution in [3.63, 3.8) is 0 Å². The second kappa shape index (κ2) is 4.59. The van der Waals surface area contributed by atoms with Gasteiger partial charge in [0.15, 0.2) is 5.69 Å². The standard InChI is InChI=1S/C13H12N3.BrH/c14-16-12(11-6-2-1-3-7-11)10-15-9-5-4-8-13(15)16;/h1-10H,14H2;1H/q+1;/p-1. The maximum absolute atomic E-state index is 6.07. The highest BCUT2D eigenvalue weighted by atomic mass is 79.9. The first kappa shape index (κ1) is 11.7. The smallest absolute Gasteiger partial charge is 0.309 e. The highest BCUT2D eigenvalue weighted by Crippen LogP contribution is 2.17. The summed E-state index contributed by atoms with van der Waals surface area (Å²) in [5.41, 5.74) is 3.10. The van der Waals surface area contributed by atoms with Crippen LogP contribution in [0.1, 0.15) is 0 Å². The predicted octanol–water partition coefficient (Wildman–Crippen LogP) is -1.39. The monoisotopic (exact) mass is 289 g/mol. The van der Waals surface area contributed by atoms with Gasteiger partial charge < -0.3 is 17.0 Å². The summed E-state index contributed by atoms with van der Waals surface area (Å²) in [6.07, 6.45) is 4.02. The number of nitrogens with zero attached hydrogens (tertiary/aromatic N) is 2. The summed E-state index contributed by atoms with van der Waals surface area (Å²) in [4.78, 5) is 0. The molecule has 0 saturated heterocycles. The van der Waals surface area contributed by atoms with Gasteiger partial charge in [0.1, 0.15) is 6.20 Å². The van der Waals surface area contributed by atoms with Crippen molar-refractivity contribution in [2.75, 3.05) is 5.84 Å². The van der Waals surface area contributed by atoms with E-state index in [0.717, 1.165) is 16.9 Å². The van der Waals surface area contributed by atoms with Gasteiger partial charge in [-0.25, -0.2) is 4.40 Å². The summed E-state index contributed by atoms with van der Waals surface area (Å²) in [5, 5.41) is 0. The van der Waals surface area contributed by atoms with Crippen molar-refractivity contribution >= 4 is 5.65 Å². The van der Waals surface area contributed by atoms with Crippen LogP contribution in [0.15, 0.2) is 60.9 Å². The third-order valence-corrected chi connectivity index (χ3v) is 2.70. The Kier molecular flexibility index (Phi) is 3.15. The lowest BCUT2D eigenvalue weighted by atomic mass is 10.2. The first-order valence-corrected chi connectivity index (χ1v) is 5.18. The molecule has 0 bridgehead atoms. The molecule has 0 aliphatic carbocycles. The topological polar surface area (TPSA) is 35.0 Å². The maximum Gasteiger partial charge on any atom is 0.309 e. The summed E-state index contributed by atoms with van der Waals surface area (Å²) >= 11 is 0. The molecular weight excluding hydrogens is 278 g/mol. The molecule has 1 aromatic carbocycles. The van der Waals surface area contributed by atoms with E-state index in [-0.39, 0.29) is 17.0 Å². The third-order valence-electron chi connectivity index (χ3n) is 2.70. The fourth-order valence-corrected chi connectivity index (χ4v) is 1.90. The van der Waals surface area contributed by atoms with E-state index in [1.807, 2.05) is 53.2 Å². The van der Waals surface area contributed by atoms with E-state index in [9.17, 15) is 0 Å². The molecule has 86 valence electrons. The van der Waals surface area contributed by atoms with E-state index in [2.05, 4.69) is 12.1 Å². The summed E-state index contributed by atoms with van der Waals surface area (Å²) in [6, 6.07) is 16.1. The van der Waals surface area contributed by atoms with Gasteiger partial charge in [-0.05, 0) is 6.07 Å². The van der Waals surface area contributed by atoms with Gasteiger partial charge in [0.05, 0.1) is 6.20 Å². The number of benzene rings is 1. The van der Waals surface area contributed by atoms with E-state index < -0.39 is 0 Å². The van der Waals surface area contributed by atoms with Crippen LogP contribution in [0, 0.1) is 0 Å². The molecule has 0 aliphatic rings. The first-order valence-electron chi connectivity index (χ1n) is 5.18. The van der Waals surface area contributed by atoms with Crippen LogP contribution in [0.2, 0.25) is 0 Å². The number of nitrogen functional groups attached to an aromatic ring is 1. The van der Waals surface area contributed by atoms with E-state index >= 15 is 0 Å². The number of aromatic nitrogens is 2. The van der Waals surface area contributed by atoms with Crippen molar-refractivity contribution in [2.24, 2.45) is 0 Å². The van der Waals surface area contributed by atoms with Crippen LogP contribution in [0.3, 0.4) is 0 Å². The highest BCUT2D eigenvalue weighted by Gasteiger charge is 2.15. The number of rotatable bonds is 1. The minimum Gasteiger partial charge on any atom is -1.00 e. The molecule has 0 unspecified atom stereocenters. The van der Waals surface area contributed by atoms with Crippen molar-refractivity contribution < 1.29 is 21.4 Å². The average molecular weight is 290 g/mol. The molecule has 0 fully saturated rings. The van der Waals surface area contributed by atoms with Crippen molar-refractivity contribution in [2.45, 2.75) is 0 Å². The summed E-state index contributed by atoms with van der Waals surface area (Å²) in [7, 11) is 0. The minimum absolute atomic E-state index is 0. The van der Waals surface area contributed by atoms with Crippen molar-refractivity contribution in [3.8, 4) is 11.3 Å². The Morgan fingerprint density at radius 1 is 0.941 bits per heavy atom. The van der Waals surface area contributed by atoms with Crippen LogP contribution in [-0.2, 0) is 0 Å². The zero-order chi connectivity index (χ0) is 11.0. The van der Waals surface area contributed by atoms with Crippen LogP contribution in [0.5, 0.6) is 0 Å². The third kappa shape index (κ3) is 1.91. The molecule has 3 rings (SSSR count). The second-order valence-corrected chi connectivity index (χ2v) is 3.72. The molecule has 0 spiro atoms. The van der Waals surface area contributed by atoms with Crippen LogP contribution < -0.4 is 27.2 Å². The molecule has 4 heteroatoms. The van der Waals surface area contributed by atoms with Gasteiger partial charge in [0, 0.05) is 11.6 Å². The van der Waals surface area contributed by atoms with E-state index in [0.29, 0.717) is 0 Å². The number of pyridine rings is 1. The normalized spacial score (nSPS) is 10.1. The Morgan fingerprint density at radius 3 is 2.35 bits per heavy atom. The minimum atomic E-state index is 0. The highest BCUT2D eigenvalue weighted by molar-refractivity contribution is 5.61. The lowest BCUT2D eigenvalue weighted by Gasteiger charge is -1.94. The fourth-order valence-electron chi connectivity index (χ4n) is 1.90. The zero-order valence-electron chi connectivity index (χ0n) is 9.12. The number of hydrogen-bond donors (Lipinski definition) is 1. The predicted molar refractivity (Wildman–Crippen MR) is 63.2 cm³/mol. The van der Waals surface area contributed by atoms with Gasteiger partial charge in [0.25, 0.3) is 0 Å². The molecule has 2 heterocycles. The molecule has 0 aliphatic heterocycles. The summed E-state index contributed by atoms with van der Waals surface area (Å²) < 4.78 is 3.72. The number of fused-ring (bicyclic) bond motifs is 1. The second-order valence-electron chi connectivity index (χ2n) is 3.72. The Labute approximate surface area is 110 Å². The van der Waals surface area contributed by atoms with Gasteiger partial charge in [-0.15, -0.1) is 4.68 Å². The molecule has 2 aromatic heterocycles. The molecular formula is C13H12BrN3. The molecule has 0 radical (unpaired) electrons. The maximum atomic E-state index is 6.07. The van der Waals surface area contributed by atoms with Gasteiger partial charge in [0.2, 0.25) is 0 Å². The van der Waals surface area contributed by atoms with Gasteiger partial charge in [-0.1, -0.05) is 36.4 Å². The SMILES string of the molecule is Nn1c(-c2ccccc2)c[n+]2ccccc12.[Br-]. The molecule has 17 heavy (non-hydrogen) atoms. The summed E-state index contributed by atoms with van der Waals surface area (Å²) in [6.45, 7) is 0. The number of hydrogen-bond acceptors (Lipinski definition) is 1. The Bertz CT molecular complexity index is 631. The molecule has 3 nitrogen and oxygen atoms in total. The van der Waals surface area contributed by atoms with E-state index in [1.54, 1.807) is 4.68 Å². The Balaban J connectivity index is 0.00000108. The van der Waals surface area contributed by atoms with E-state index in [1.165, 1.54) is 0 Å². The Morgan fingerprint density at radius 2 is 1.65 bits per heavy atom. The van der Waals surface area contributed by atoms with Gasteiger partial charge in [-0.3, -0.25) is 5.84 Å². The van der Waals surface area contributed by atoms with Crippen molar-refractivity contribution in [1.29, 1.82) is 0 Å². The average Bonchev–Trinajstić information content (AvgIpc) is 2.69. The number of halogens is 1. The molecule has 3 aromatic rings. The zero-order valence-corrected chi connectivity index (χ0v) is 10.7. The lowest BCUT2D eigenvalue weighted by Crippen LogP contribution is -3.00. The Hall–Kier alpha value is -1.81. The van der Waals surface area contributed by atoms with Crippen molar-refractivity contribution in [3.05, 3.63) is 60.9 Å². The van der Waals surface area contributed by atoms with Crippen LogP contribution in [0.4, 0.5) is 0 Å². The molecule has 0 saturated carbocycles. The van der Waals surface area contributed by atoms with Crippen LogP contribution >= 0.6 is 0 Å². The van der Waals surface area contributed by atoms with Crippen molar-refractivity contribution in [1.82, 2.24) is 4.68 Å². The number of nitrogens with two attached hydrogens (primary N) is 1. The summed E-state index contributed by atoms with van der Waals surface area (Å²) in [5.74, 6) is 6.07. The van der Waals surface area contributed by atoms with Gasteiger partial charge >= 0.3 is 5.65 Å². The molecule has 0 amide bonds. The first-order chi connectivity index (χ1) is 7.86. The van der Waals surface area contributed by atoms with E-state index in [4.69, 9.17) is 5.84 Å². The number of imidazole rings is 1. The fraction of sp³-hybridized carbons (Fsp3) is 0. The molecule has 0 atom stereocenters. The van der Waals surface area contributed by atoms with Crippen LogP contribution in [0.25, 0.3) is 16.9 Å². The largest absolute Gasteiger partial charge is 1.00 e. The molecule has 2 N–H and O–H groups in total. The van der Waals surface area contributed by atoms with Gasteiger partial charge in [-0.2, -0.15) is 0 Å². The quantitative estimate of drug-likeness (QED) is 0.435. The van der Waals surface area contributed by atoms with Crippen LogP contribution in [-0.4, -0.2) is 4.68 Å². The lowest BCUT2D eigenvalue weighted by molar-refractivity contribution is -0.510.